The van der Waals surface area contributed by atoms with Gasteiger partial charge in [-0.25, -0.2) is 4.79 Å². The van der Waals surface area contributed by atoms with E-state index in [1.807, 2.05) is 6.07 Å². The number of rotatable bonds is 7. The highest BCUT2D eigenvalue weighted by atomic mass is 16.2. The predicted molar refractivity (Wildman–Crippen MR) is 85.0 cm³/mol. The summed E-state index contributed by atoms with van der Waals surface area (Å²) in [6, 6.07) is 9.80. The van der Waals surface area contributed by atoms with Crippen LogP contribution >= 0.6 is 0 Å². The monoisotopic (exact) mass is 304 g/mol. The highest BCUT2D eigenvalue weighted by molar-refractivity contribution is 5.83. The first-order valence-electron chi connectivity index (χ1n) is 7.70. The number of likely N-dealkylation sites (tertiary alicyclic amines) is 1. The van der Waals surface area contributed by atoms with Crippen molar-refractivity contribution in [3.8, 4) is 0 Å². The predicted octanol–water partition coefficient (Wildman–Crippen LogP) is 0.683. The Morgan fingerprint density at radius 2 is 2.00 bits per heavy atom. The minimum Gasteiger partial charge on any atom is -0.355 e. The molecule has 0 aliphatic carbocycles. The average molecular weight is 304 g/mol. The van der Waals surface area contributed by atoms with E-state index in [0.717, 1.165) is 26.1 Å². The van der Waals surface area contributed by atoms with Gasteiger partial charge in [0.2, 0.25) is 5.91 Å². The molecule has 1 saturated heterocycles. The molecule has 0 spiro atoms. The highest BCUT2D eigenvalue weighted by Gasteiger charge is 2.22. The number of hydrogen-bond donors (Lipinski definition) is 3. The van der Waals surface area contributed by atoms with Crippen LogP contribution in [0.5, 0.6) is 0 Å². The molecule has 1 aromatic carbocycles. The van der Waals surface area contributed by atoms with E-state index in [4.69, 9.17) is 5.73 Å². The molecule has 120 valence electrons. The number of hydrogen-bond acceptors (Lipinski definition) is 3. The molecule has 2 rings (SSSR count). The van der Waals surface area contributed by atoms with Gasteiger partial charge < -0.3 is 16.4 Å². The van der Waals surface area contributed by atoms with Crippen LogP contribution in [0.4, 0.5) is 4.79 Å². The Bertz CT molecular complexity index is 492. The number of nitrogens with two attached hydrogens (primary N) is 1. The van der Waals surface area contributed by atoms with E-state index in [1.54, 1.807) is 0 Å². The Morgan fingerprint density at radius 3 is 2.73 bits per heavy atom. The maximum absolute atomic E-state index is 11.4. The second-order valence-corrected chi connectivity index (χ2v) is 5.73. The first-order chi connectivity index (χ1) is 10.6. The summed E-state index contributed by atoms with van der Waals surface area (Å²) in [5.74, 6) is 0.422. The topological polar surface area (TPSA) is 87.5 Å². The summed E-state index contributed by atoms with van der Waals surface area (Å²) in [7, 11) is 0. The summed E-state index contributed by atoms with van der Waals surface area (Å²) in [5, 5.41) is 5.08. The van der Waals surface area contributed by atoms with E-state index < -0.39 is 6.03 Å². The third-order valence-corrected chi connectivity index (χ3v) is 3.92. The molecule has 1 aliphatic heterocycles. The lowest BCUT2D eigenvalue weighted by Gasteiger charge is -2.16. The van der Waals surface area contributed by atoms with Crippen LogP contribution in [0.1, 0.15) is 18.4 Å². The SMILES string of the molecule is NC(=O)NCC(=O)NCC[C@H]1CCN(Cc2ccccc2)C1. The molecule has 3 amide bonds. The third-order valence-electron chi connectivity index (χ3n) is 3.92. The number of carbonyl (C=O) groups excluding carboxylic acids is 2. The van der Waals surface area contributed by atoms with E-state index in [0.29, 0.717) is 12.5 Å². The van der Waals surface area contributed by atoms with E-state index in [2.05, 4.69) is 39.8 Å². The Labute approximate surface area is 131 Å². The van der Waals surface area contributed by atoms with Crippen LogP contribution in [0, 0.1) is 5.92 Å². The van der Waals surface area contributed by atoms with Gasteiger partial charge in [0.25, 0.3) is 0 Å². The zero-order valence-electron chi connectivity index (χ0n) is 12.8. The maximum Gasteiger partial charge on any atom is 0.312 e. The van der Waals surface area contributed by atoms with Gasteiger partial charge in [-0.3, -0.25) is 9.69 Å². The minimum absolute atomic E-state index is 0.0554. The molecule has 0 aromatic heterocycles. The van der Waals surface area contributed by atoms with Gasteiger partial charge in [0.05, 0.1) is 6.54 Å². The van der Waals surface area contributed by atoms with Crippen LogP contribution in [-0.4, -0.2) is 43.0 Å². The van der Waals surface area contributed by atoms with Crippen molar-refractivity contribution >= 4 is 11.9 Å². The van der Waals surface area contributed by atoms with Gasteiger partial charge in [0, 0.05) is 19.6 Å². The molecule has 0 radical (unpaired) electrons. The van der Waals surface area contributed by atoms with Gasteiger partial charge in [-0.2, -0.15) is 0 Å². The summed E-state index contributed by atoms with van der Waals surface area (Å²) in [4.78, 5) is 24.4. The number of carbonyl (C=O) groups is 2. The zero-order chi connectivity index (χ0) is 15.8. The Morgan fingerprint density at radius 1 is 1.23 bits per heavy atom. The summed E-state index contributed by atoms with van der Waals surface area (Å²) in [5.41, 5.74) is 6.25. The number of nitrogens with one attached hydrogen (secondary N) is 2. The molecule has 1 aliphatic rings. The summed E-state index contributed by atoms with van der Waals surface area (Å²) in [6.07, 6.45) is 2.13. The maximum atomic E-state index is 11.4. The summed E-state index contributed by atoms with van der Waals surface area (Å²) < 4.78 is 0. The van der Waals surface area contributed by atoms with Crippen molar-refractivity contribution in [1.82, 2.24) is 15.5 Å². The van der Waals surface area contributed by atoms with E-state index in [-0.39, 0.29) is 12.5 Å². The molecule has 4 N–H and O–H groups in total. The van der Waals surface area contributed by atoms with Crippen molar-refractivity contribution in [3.05, 3.63) is 35.9 Å². The van der Waals surface area contributed by atoms with Gasteiger partial charge in [-0.1, -0.05) is 30.3 Å². The van der Waals surface area contributed by atoms with E-state index in [9.17, 15) is 9.59 Å². The number of benzene rings is 1. The molecule has 1 fully saturated rings. The Kier molecular flexibility index (Phi) is 6.21. The standard InChI is InChI=1S/C16H24N4O2/c17-16(22)19-10-15(21)18-8-6-14-7-9-20(12-14)11-13-4-2-1-3-5-13/h1-5,14H,6-12H2,(H,18,21)(H3,17,19,22)/t14-/m0/s1. The minimum atomic E-state index is -0.678. The smallest absolute Gasteiger partial charge is 0.312 e. The van der Waals surface area contributed by atoms with Gasteiger partial charge in [-0.15, -0.1) is 0 Å². The Hall–Kier alpha value is -2.08. The lowest BCUT2D eigenvalue weighted by Crippen LogP contribution is -2.39. The molecular formula is C16H24N4O2. The molecular weight excluding hydrogens is 280 g/mol. The molecule has 0 saturated carbocycles. The van der Waals surface area contributed by atoms with Gasteiger partial charge in [0.1, 0.15) is 0 Å². The third kappa shape index (κ3) is 5.73. The second kappa shape index (κ2) is 8.38. The molecule has 0 unspecified atom stereocenters. The van der Waals surface area contributed by atoms with Crippen molar-refractivity contribution in [2.24, 2.45) is 11.7 Å². The fourth-order valence-corrected chi connectivity index (χ4v) is 2.78. The van der Waals surface area contributed by atoms with Crippen molar-refractivity contribution in [2.45, 2.75) is 19.4 Å². The fraction of sp³-hybridized carbons (Fsp3) is 0.500. The summed E-state index contributed by atoms with van der Waals surface area (Å²) in [6.45, 7) is 3.76. The lowest BCUT2D eigenvalue weighted by atomic mass is 10.1. The molecule has 6 nitrogen and oxygen atoms in total. The van der Waals surface area contributed by atoms with Crippen LogP contribution in [0.15, 0.2) is 30.3 Å². The van der Waals surface area contributed by atoms with Crippen molar-refractivity contribution in [2.75, 3.05) is 26.2 Å². The first kappa shape index (κ1) is 16.3. The second-order valence-electron chi connectivity index (χ2n) is 5.73. The van der Waals surface area contributed by atoms with Crippen LogP contribution < -0.4 is 16.4 Å². The molecule has 1 heterocycles. The lowest BCUT2D eigenvalue weighted by molar-refractivity contribution is -0.120. The van der Waals surface area contributed by atoms with Crippen molar-refractivity contribution < 1.29 is 9.59 Å². The number of urea groups is 1. The van der Waals surface area contributed by atoms with Crippen LogP contribution in [0.3, 0.4) is 0 Å². The van der Waals surface area contributed by atoms with E-state index in [1.165, 1.54) is 12.0 Å². The molecule has 22 heavy (non-hydrogen) atoms. The van der Waals surface area contributed by atoms with Gasteiger partial charge in [0.15, 0.2) is 0 Å². The quantitative estimate of drug-likeness (QED) is 0.692. The van der Waals surface area contributed by atoms with Crippen molar-refractivity contribution in [3.63, 3.8) is 0 Å². The van der Waals surface area contributed by atoms with Gasteiger partial charge in [-0.05, 0) is 30.9 Å². The zero-order valence-corrected chi connectivity index (χ0v) is 12.8. The normalized spacial score (nSPS) is 18.1. The average Bonchev–Trinajstić information content (AvgIpc) is 2.93. The molecule has 0 bridgehead atoms. The number of amides is 3. The largest absolute Gasteiger partial charge is 0.355 e. The summed E-state index contributed by atoms with van der Waals surface area (Å²) >= 11 is 0. The molecule has 1 aromatic rings. The molecule has 6 heteroatoms. The fourth-order valence-electron chi connectivity index (χ4n) is 2.78. The number of primary amides is 1. The van der Waals surface area contributed by atoms with Crippen LogP contribution in [-0.2, 0) is 11.3 Å². The van der Waals surface area contributed by atoms with Crippen LogP contribution in [0.25, 0.3) is 0 Å². The Balaban J connectivity index is 1.60. The molecule has 1 atom stereocenters. The highest BCUT2D eigenvalue weighted by Crippen LogP contribution is 2.20. The van der Waals surface area contributed by atoms with Crippen molar-refractivity contribution in [1.29, 1.82) is 0 Å². The van der Waals surface area contributed by atoms with Gasteiger partial charge >= 0.3 is 6.03 Å². The first-order valence-corrected chi connectivity index (χ1v) is 7.70. The van der Waals surface area contributed by atoms with E-state index >= 15 is 0 Å². The van der Waals surface area contributed by atoms with Crippen LogP contribution in [0.2, 0.25) is 0 Å². The number of nitrogens with zero attached hydrogens (tertiary/aromatic N) is 1.